The molecule has 17 heteroatoms. The van der Waals surface area contributed by atoms with Crippen molar-refractivity contribution < 1.29 is 51.6 Å². The summed E-state index contributed by atoms with van der Waals surface area (Å²) in [6, 6.07) is 42.1. The first-order valence-electron chi connectivity index (χ1n) is 22.4. The van der Waals surface area contributed by atoms with Gasteiger partial charge in [-0.15, -0.1) is 0 Å². The van der Waals surface area contributed by atoms with Crippen LogP contribution in [0.2, 0.25) is 0 Å². The Labute approximate surface area is 400 Å². The fourth-order valence-corrected chi connectivity index (χ4v) is 10.1. The maximum Gasteiger partial charge on any atom is 0.356 e. The third-order valence-corrected chi connectivity index (χ3v) is 13.2. The second-order valence-electron chi connectivity index (χ2n) is 16.7. The Balaban J connectivity index is 1.26. The number of ether oxygens (including phenoxy) is 6. The number of aromatic nitrogens is 4. The van der Waals surface area contributed by atoms with Gasteiger partial charge < -0.3 is 42.8 Å². The number of nitrogens with zero attached hydrogens (tertiary/aromatic N) is 4. The molecule has 8 rings (SSSR count). The third kappa shape index (κ3) is 10.9. The number of hydrogen-bond acceptors (Lipinski definition) is 14. The molecule has 0 spiro atoms. The van der Waals surface area contributed by atoms with Gasteiger partial charge in [-0.05, 0) is 92.9 Å². The van der Waals surface area contributed by atoms with E-state index >= 15 is 0 Å². The Morgan fingerprint density at radius 2 is 1.23 bits per heavy atom. The van der Waals surface area contributed by atoms with Crippen LogP contribution in [0.4, 0.5) is 5.82 Å². The van der Waals surface area contributed by atoms with Gasteiger partial charge in [0.15, 0.2) is 29.3 Å². The standard InChI is InChI=1S/C52H54N5O11P/c1-34(2)67-69(60,68-35(3)4)33-63-45-43(30-64-52(38-20-14-9-15-21-38,39-22-26-41(61-5)27-23-39)40-24-28-42(62-6)29-25-40)65-50(46(45)66-51(59)37-18-12-8-13-19-37)57-32-55-44-47(53-31-54-48(44)57)56-49(58)36-16-10-7-11-17-36/h7-29,31-32,34-35,43,45-46,50H,30,33H2,1-6H3,(H,53,54,56,58)/t43-,45-,46-,50-/m1/s1. The van der Waals surface area contributed by atoms with Crippen LogP contribution in [0, 0.1) is 0 Å². The Hall–Kier alpha value is -6.78. The number of carbonyl (C=O) groups is 2. The number of amides is 1. The molecule has 7 aromatic rings. The van der Waals surface area contributed by atoms with Gasteiger partial charge >= 0.3 is 13.6 Å². The van der Waals surface area contributed by atoms with Crippen molar-refractivity contribution in [2.45, 2.75) is 70.0 Å². The van der Waals surface area contributed by atoms with Crippen LogP contribution < -0.4 is 14.8 Å². The highest BCUT2D eigenvalue weighted by Crippen LogP contribution is 2.52. The monoisotopic (exact) mass is 955 g/mol. The zero-order valence-electron chi connectivity index (χ0n) is 39.0. The SMILES string of the molecule is COc1ccc(C(OC[C@H]2O[C@@H](n3cnc4c(NC(=O)c5ccccc5)ncnc43)[C@H](OC(=O)c3ccccc3)[C@@H]2OCP(=O)(OC(C)C)OC(C)C)(c2ccccc2)c2ccc(OC)cc2)cc1. The van der Waals surface area contributed by atoms with Gasteiger partial charge in [0.25, 0.3) is 5.91 Å². The normalized spacial score (nSPS) is 17.3. The van der Waals surface area contributed by atoms with E-state index in [2.05, 4.69) is 20.3 Å². The lowest BCUT2D eigenvalue weighted by molar-refractivity contribution is -0.101. The maximum absolute atomic E-state index is 14.5. The van der Waals surface area contributed by atoms with Crippen molar-refractivity contribution in [3.05, 3.63) is 180 Å². The molecule has 1 N–H and O–H groups in total. The van der Waals surface area contributed by atoms with Gasteiger partial charge in [0.1, 0.15) is 42.0 Å². The van der Waals surface area contributed by atoms with E-state index in [0.29, 0.717) is 17.1 Å². The third-order valence-electron chi connectivity index (χ3n) is 11.2. The van der Waals surface area contributed by atoms with Gasteiger partial charge in [-0.2, -0.15) is 0 Å². The van der Waals surface area contributed by atoms with Crippen LogP contribution in [0.25, 0.3) is 11.2 Å². The van der Waals surface area contributed by atoms with Gasteiger partial charge in [-0.1, -0.05) is 91.0 Å². The molecule has 3 heterocycles. The summed E-state index contributed by atoms with van der Waals surface area (Å²) in [7, 11) is -0.767. The summed E-state index contributed by atoms with van der Waals surface area (Å²) in [5.41, 5.74) is 2.13. The van der Waals surface area contributed by atoms with E-state index in [4.69, 9.17) is 37.5 Å². The van der Waals surface area contributed by atoms with Crippen LogP contribution in [0.1, 0.15) is 71.3 Å². The molecule has 1 aliphatic rings. The fourth-order valence-electron chi connectivity index (χ4n) is 8.24. The smallest absolute Gasteiger partial charge is 0.356 e. The summed E-state index contributed by atoms with van der Waals surface area (Å²) in [4.78, 5) is 41.1. The number of methoxy groups -OCH3 is 2. The molecule has 1 fully saturated rings. The van der Waals surface area contributed by atoms with Crippen LogP contribution in [0.3, 0.4) is 0 Å². The predicted molar refractivity (Wildman–Crippen MR) is 257 cm³/mol. The molecule has 0 radical (unpaired) electrons. The van der Waals surface area contributed by atoms with Crippen molar-refractivity contribution in [3.63, 3.8) is 0 Å². The summed E-state index contributed by atoms with van der Waals surface area (Å²) >= 11 is 0. The molecular weight excluding hydrogens is 902 g/mol. The van der Waals surface area contributed by atoms with Gasteiger partial charge in [-0.3, -0.25) is 13.9 Å². The summed E-state index contributed by atoms with van der Waals surface area (Å²) in [5, 5.41) is 2.84. The predicted octanol–water partition coefficient (Wildman–Crippen LogP) is 9.61. The molecule has 0 unspecified atom stereocenters. The molecule has 2 aromatic heterocycles. The summed E-state index contributed by atoms with van der Waals surface area (Å²) in [6.07, 6.45) is -3.51. The molecule has 0 bridgehead atoms. The van der Waals surface area contributed by atoms with Crippen LogP contribution in [0.15, 0.2) is 152 Å². The maximum atomic E-state index is 14.5. The van der Waals surface area contributed by atoms with E-state index in [1.807, 2.05) is 84.9 Å². The second-order valence-corrected chi connectivity index (χ2v) is 18.6. The molecule has 69 heavy (non-hydrogen) atoms. The molecular formula is C52H54N5O11P. The number of fused-ring (bicyclic) bond motifs is 1. The zero-order valence-corrected chi connectivity index (χ0v) is 39.9. The first kappa shape index (κ1) is 48.7. The molecule has 4 atom stereocenters. The number of imidazole rings is 1. The van der Waals surface area contributed by atoms with Crippen LogP contribution in [-0.2, 0) is 38.2 Å². The lowest BCUT2D eigenvalue weighted by atomic mass is 9.80. The Bertz CT molecular complexity index is 2790. The van der Waals surface area contributed by atoms with Gasteiger partial charge in [0.2, 0.25) is 0 Å². The van der Waals surface area contributed by atoms with Crippen molar-refractivity contribution in [2.75, 3.05) is 32.5 Å². The number of esters is 1. The molecule has 0 saturated carbocycles. The number of nitrogens with one attached hydrogen (secondary N) is 1. The highest BCUT2D eigenvalue weighted by atomic mass is 31.2. The van der Waals surface area contributed by atoms with Crippen molar-refractivity contribution >= 4 is 36.5 Å². The van der Waals surface area contributed by atoms with E-state index in [1.54, 1.807) is 101 Å². The second kappa shape index (κ2) is 21.7. The highest BCUT2D eigenvalue weighted by molar-refractivity contribution is 7.53. The molecule has 358 valence electrons. The Kier molecular flexibility index (Phi) is 15.3. The van der Waals surface area contributed by atoms with Crippen molar-refractivity contribution in [3.8, 4) is 11.5 Å². The minimum atomic E-state index is -3.97. The van der Waals surface area contributed by atoms with Crippen LogP contribution >= 0.6 is 7.60 Å². The summed E-state index contributed by atoms with van der Waals surface area (Å²) in [6.45, 7) is 6.78. The molecule has 16 nitrogen and oxygen atoms in total. The lowest BCUT2D eigenvalue weighted by Crippen LogP contribution is -2.42. The number of rotatable bonds is 20. The average molecular weight is 956 g/mol. The van der Waals surface area contributed by atoms with E-state index in [9.17, 15) is 14.2 Å². The number of anilines is 1. The van der Waals surface area contributed by atoms with Crippen LogP contribution in [0.5, 0.6) is 11.5 Å². The molecule has 1 amide bonds. The van der Waals surface area contributed by atoms with E-state index < -0.39 is 68.2 Å². The van der Waals surface area contributed by atoms with Crippen molar-refractivity contribution in [2.24, 2.45) is 0 Å². The average Bonchev–Trinajstić information content (AvgIpc) is 3.95. The Morgan fingerprint density at radius 1 is 0.696 bits per heavy atom. The highest BCUT2D eigenvalue weighted by Gasteiger charge is 2.52. The Morgan fingerprint density at radius 3 is 1.78 bits per heavy atom. The number of benzene rings is 5. The topological polar surface area (TPSA) is 181 Å². The van der Waals surface area contributed by atoms with Gasteiger partial charge in [0, 0.05) is 5.56 Å². The minimum Gasteiger partial charge on any atom is -0.497 e. The first-order chi connectivity index (χ1) is 33.4. The van der Waals surface area contributed by atoms with Gasteiger partial charge in [0.05, 0.1) is 44.9 Å². The summed E-state index contributed by atoms with van der Waals surface area (Å²) in [5.74, 6) is 0.333. The molecule has 1 aliphatic heterocycles. The van der Waals surface area contributed by atoms with Crippen molar-refractivity contribution in [1.29, 1.82) is 0 Å². The van der Waals surface area contributed by atoms with E-state index in [-0.39, 0.29) is 29.2 Å². The van der Waals surface area contributed by atoms with Crippen molar-refractivity contribution in [1.82, 2.24) is 19.5 Å². The van der Waals surface area contributed by atoms with Crippen LogP contribution in [-0.4, -0.2) is 89.1 Å². The minimum absolute atomic E-state index is 0.139. The fraction of sp³-hybridized carbons (Fsp3) is 0.288. The quantitative estimate of drug-likeness (QED) is 0.0433. The lowest BCUT2D eigenvalue weighted by Gasteiger charge is -2.37. The van der Waals surface area contributed by atoms with Gasteiger partial charge in [-0.25, -0.2) is 19.7 Å². The molecule has 1 saturated heterocycles. The first-order valence-corrected chi connectivity index (χ1v) is 24.2. The van der Waals surface area contributed by atoms with E-state index in [1.165, 1.54) is 12.7 Å². The molecule has 5 aromatic carbocycles. The largest absolute Gasteiger partial charge is 0.497 e. The zero-order chi connectivity index (χ0) is 48.5. The van der Waals surface area contributed by atoms with E-state index in [0.717, 1.165) is 16.7 Å². The number of hydrogen-bond donors (Lipinski definition) is 1. The number of carbonyl (C=O) groups excluding carboxylic acids is 2. The molecule has 0 aliphatic carbocycles. The summed E-state index contributed by atoms with van der Waals surface area (Å²) < 4.78 is 66.6.